The molecule has 0 aliphatic heterocycles. The fraction of sp³-hybridized carbons (Fsp3) is 0.263. The molecule has 0 saturated heterocycles. The number of nitrogens with zero attached hydrogens (tertiary/aromatic N) is 2. The molecule has 1 heterocycles. The molecule has 31 heavy (non-hydrogen) atoms. The maximum absolute atomic E-state index is 14.2. The van der Waals surface area contributed by atoms with Gasteiger partial charge in [0.2, 0.25) is 5.91 Å². The van der Waals surface area contributed by atoms with E-state index in [1.165, 1.54) is 19.2 Å². The van der Waals surface area contributed by atoms with Crippen LogP contribution in [0.5, 0.6) is 5.75 Å². The molecule has 2 rings (SSSR count). The van der Waals surface area contributed by atoms with Gasteiger partial charge < -0.3 is 27.1 Å². The summed E-state index contributed by atoms with van der Waals surface area (Å²) >= 11 is 1.16. The fourth-order valence-electron chi connectivity index (χ4n) is 2.49. The molecule has 1 aromatic heterocycles. The van der Waals surface area contributed by atoms with Crippen LogP contribution in [-0.2, 0) is 11.2 Å². The van der Waals surface area contributed by atoms with Gasteiger partial charge in [0.15, 0.2) is 17.4 Å². The molecule has 12 heteroatoms. The number of hydrogen-bond acceptors (Lipinski definition) is 8. The zero-order valence-electron chi connectivity index (χ0n) is 17.0. The minimum atomic E-state index is -0.730. The Kier molecular flexibility index (Phi) is 8.46. The number of nitrogens with two attached hydrogens (primary N) is 3. The van der Waals surface area contributed by atoms with Crippen LogP contribution in [0.1, 0.15) is 27.0 Å². The number of carbonyl (C=O) groups is 2. The number of nitrogens with one attached hydrogen (secondary N) is 2. The minimum absolute atomic E-state index is 0.0678. The summed E-state index contributed by atoms with van der Waals surface area (Å²) in [6, 6.07) is 7.26. The first-order valence-corrected chi connectivity index (χ1v) is 9.94. The molecule has 1 amide bonds. The molecule has 1 atom stereocenters. The van der Waals surface area contributed by atoms with Gasteiger partial charge in [0, 0.05) is 23.4 Å². The lowest BCUT2D eigenvalue weighted by Crippen LogP contribution is -2.42. The van der Waals surface area contributed by atoms with Crippen LogP contribution in [0.3, 0.4) is 0 Å². The number of halogens is 1. The van der Waals surface area contributed by atoms with Crippen molar-refractivity contribution >= 4 is 34.9 Å². The number of carbonyl (C=O) groups excluding carboxylic acids is 2. The van der Waals surface area contributed by atoms with Gasteiger partial charge in [-0.3, -0.25) is 9.79 Å². The van der Waals surface area contributed by atoms with Crippen molar-refractivity contribution in [1.29, 1.82) is 0 Å². The van der Waals surface area contributed by atoms with E-state index in [0.717, 1.165) is 22.3 Å². The molecule has 0 radical (unpaired) electrons. The molecule has 0 bridgehead atoms. The molecular weight excluding hydrogens is 425 g/mol. The lowest BCUT2D eigenvalue weighted by Gasteiger charge is -2.11. The van der Waals surface area contributed by atoms with Gasteiger partial charge in [0.1, 0.15) is 10.7 Å². The van der Waals surface area contributed by atoms with Gasteiger partial charge in [-0.1, -0.05) is 6.92 Å². The Labute approximate surface area is 182 Å². The number of amides is 1. The van der Waals surface area contributed by atoms with Gasteiger partial charge in [-0.05, 0) is 36.8 Å². The van der Waals surface area contributed by atoms with Crippen molar-refractivity contribution in [1.82, 2.24) is 10.7 Å². The van der Waals surface area contributed by atoms with Gasteiger partial charge in [0.05, 0.1) is 6.54 Å². The van der Waals surface area contributed by atoms with Crippen molar-refractivity contribution in [2.24, 2.45) is 33.4 Å². The van der Waals surface area contributed by atoms with Gasteiger partial charge in [-0.25, -0.2) is 15.0 Å². The number of hydrazine groups is 1. The second-order valence-corrected chi connectivity index (χ2v) is 7.62. The van der Waals surface area contributed by atoms with Gasteiger partial charge in [-0.2, -0.15) is 5.10 Å². The minimum Gasteiger partial charge on any atom is -0.419 e. The maximum atomic E-state index is 14.2. The lowest BCUT2D eigenvalue weighted by atomic mass is 10.1. The Bertz CT molecular complexity index is 1010. The Morgan fingerprint density at radius 1 is 1.29 bits per heavy atom. The van der Waals surface area contributed by atoms with Crippen LogP contribution in [0.25, 0.3) is 0 Å². The van der Waals surface area contributed by atoms with E-state index in [1.54, 1.807) is 19.1 Å². The van der Waals surface area contributed by atoms with Crippen LogP contribution in [-0.4, -0.2) is 37.1 Å². The standard InChI is InChI=1S/C19H24FN7O3S/c1-10(18(28)25-9-16(26-22)27-23)7-12-4-6-15(31-12)19(29)30-14-5-3-11(8-13(14)20)17(21)24-2/h3-6,8,10H,7,9,22-23H2,1-2H3,(H2,21,24)(H,25,28)(H,26,27). The Morgan fingerprint density at radius 2 is 2.03 bits per heavy atom. The number of benzene rings is 1. The number of hydrazone groups is 1. The van der Waals surface area contributed by atoms with E-state index in [0.29, 0.717) is 12.0 Å². The Balaban J connectivity index is 1.97. The lowest BCUT2D eigenvalue weighted by molar-refractivity contribution is -0.124. The van der Waals surface area contributed by atoms with Crippen molar-refractivity contribution in [2.45, 2.75) is 13.3 Å². The number of hydrogen-bond donors (Lipinski definition) is 5. The molecule has 0 aliphatic rings. The largest absolute Gasteiger partial charge is 0.419 e. The highest BCUT2D eigenvalue weighted by Crippen LogP contribution is 2.24. The molecule has 0 aliphatic carbocycles. The highest BCUT2D eigenvalue weighted by molar-refractivity contribution is 7.13. The first kappa shape index (κ1) is 23.8. The average Bonchev–Trinajstić information content (AvgIpc) is 3.23. The quantitative estimate of drug-likeness (QED) is 0.0973. The highest BCUT2D eigenvalue weighted by atomic mass is 32.1. The van der Waals surface area contributed by atoms with Gasteiger partial charge in [0.25, 0.3) is 0 Å². The van der Waals surface area contributed by atoms with Crippen LogP contribution in [0, 0.1) is 11.7 Å². The van der Waals surface area contributed by atoms with E-state index in [-0.39, 0.29) is 40.7 Å². The maximum Gasteiger partial charge on any atom is 0.353 e. The summed E-state index contributed by atoms with van der Waals surface area (Å²) in [5, 5.41) is 6.03. The zero-order valence-corrected chi connectivity index (χ0v) is 17.8. The van der Waals surface area contributed by atoms with Gasteiger partial charge in [-0.15, -0.1) is 11.3 Å². The number of esters is 1. The summed E-state index contributed by atoms with van der Waals surface area (Å²) in [4.78, 5) is 29.4. The topological polar surface area (TPSA) is 170 Å². The zero-order chi connectivity index (χ0) is 23.0. The third-order valence-corrected chi connectivity index (χ3v) is 5.33. The molecule has 8 N–H and O–H groups in total. The summed E-state index contributed by atoms with van der Waals surface area (Å²) in [6.07, 6.45) is 0.396. The second-order valence-electron chi connectivity index (χ2n) is 6.45. The van der Waals surface area contributed by atoms with Crippen molar-refractivity contribution < 1.29 is 18.7 Å². The smallest absolute Gasteiger partial charge is 0.353 e. The van der Waals surface area contributed by atoms with E-state index in [4.69, 9.17) is 22.2 Å². The van der Waals surface area contributed by atoms with E-state index < -0.39 is 11.8 Å². The summed E-state index contributed by atoms with van der Waals surface area (Å²) in [5.74, 6) is 8.46. The number of aliphatic imine (C=N–C) groups is 1. The van der Waals surface area contributed by atoms with E-state index in [2.05, 4.69) is 20.8 Å². The average molecular weight is 450 g/mol. The predicted octanol–water partition coefficient (Wildman–Crippen LogP) is 0.472. The summed E-state index contributed by atoms with van der Waals surface area (Å²) in [5.41, 5.74) is 8.30. The van der Waals surface area contributed by atoms with E-state index in [1.807, 2.05) is 0 Å². The van der Waals surface area contributed by atoms with Gasteiger partial charge >= 0.3 is 5.97 Å². The molecule has 1 aromatic carbocycles. The van der Waals surface area contributed by atoms with Crippen LogP contribution >= 0.6 is 11.3 Å². The third-order valence-electron chi connectivity index (χ3n) is 4.24. The van der Waals surface area contributed by atoms with Crippen molar-refractivity contribution in [3.8, 4) is 5.75 Å². The van der Waals surface area contributed by atoms with Crippen molar-refractivity contribution in [3.63, 3.8) is 0 Å². The monoisotopic (exact) mass is 449 g/mol. The number of amidine groups is 2. The summed E-state index contributed by atoms with van der Waals surface area (Å²) in [7, 11) is 1.49. The molecule has 0 saturated carbocycles. The van der Waals surface area contributed by atoms with E-state index in [9.17, 15) is 14.0 Å². The molecule has 0 fully saturated rings. The summed E-state index contributed by atoms with van der Waals surface area (Å²) < 4.78 is 19.4. The normalized spacial score (nSPS) is 12.9. The van der Waals surface area contributed by atoms with Crippen molar-refractivity contribution in [2.75, 3.05) is 13.6 Å². The molecule has 10 nitrogen and oxygen atoms in total. The molecular formula is C19H24FN7O3S. The molecule has 2 aromatic rings. The second kappa shape index (κ2) is 11.0. The highest BCUT2D eigenvalue weighted by Gasteiger charge is 2.18. The first-order chi connectivity index (χ1) is 14.8. The molecule has 166 valence electrons. The van der Waals surface area contributed by atoms with Crippen LogP contribution in [0.15, 0.2) is 40.4 Å². The number of rotatable bonds is 8. The Morgan fingerprint density at radius 3 is 2.65 bits per heavy atom. The predicted molar refractivity (Wildman–Crippen MR) is 117 cm³/mol. The number of thiophene rings is 1. The van der Waals surface area contributed by atoms with Crippen molar-refractivity contribution in [3.05, 3.63) is 51.5 Å². The third kappa shape index (κ3) is 6.49. The fourth-order valence-corrected chi connectivity index (χ4v) is 3.51. The van der Waals surface area contributed by atoms with Crippen LogP contribution in [0.4, 0.5) is 4.39 Å². The summed E-state index contributed by atoms with van der Waals surface area (Å²) in [6.45, 7) is 1.81. The Hall–Kier alpha value is -3.51. The SMILES string of the molecule is CN=C(N)c1ccc(OC(=O)c2ccc(CC(C)C(=O)NC/C(=N\N)NN)s2)c(F)c1. The van der Waals surface area contributed by atoms with Crippen LogP contribution in [0.2, 0.25) is 0 Å². The number of ether oxygens (including phenoxy) is 1. The van der Waals surface area contributed by atoms with E-state index >= 15 is 0 Å². The first-order valence-electron chi connectivity index (χ1n) is 9.13. The molecule has 1 unspecified atom stereocenters. The van der Waals surface area contributed by atoms with Crippen LogP contribution < -0.4 is 32.9 Å². The molecule has 0 spiro atoms.